The molecule has 0 spiro atoms. The summed E-state index contributed by atoms with van der Waals surface area (Å²) in [5.74, 6) is -1.99. The summed E-state index contributed by atoms with van der Waals surface area (Å²) >= 11 is -0.289. The minimum Gasteiger partial charge on any atom is -0.614 e. The molecule has 1 aromatic carbocycles. The number of thioether (sulfide) groups is 1. The highest BCUT2D eigenvalue weighted by molar-refractivity contribution is 7.99. The minimum absolute atomic E-state index is 0.00962. The van der Waals surface area contributed by atoms with Crippen molar-refractivity contribution in [2.75, 3.05) is 11.5 Å². The zero-order chi connectivity index (χ0) is 21.3. The van der Waals surface area contributed by atoms with Gasteiger partial charge in [0.25, 0.3) is 5.91 Å². The molecule has 2 aliphatic heterocycles. The maximum Gasteiger partial charge on any atom is 0.352 e. The van der Waals surface area contributed by atoms with E-state index in [1.807, 2.05) is 6.07 Å². The van der Waals surface area contributed by atoms with Crippen LogP contribution in [0.5, 0.6) is 0 Å². The first-order chi connectivity index (χ1) is 14.5. The lowest BCUT2D eigenvalue weighted by Gasteiger charge is -2.49. The molecule has 2 aliphatic rings. The predicted octanol–water partition coefficient (Wildman–Crippen LogP) is -0.106. The molecule has 3 N–H and O–H groups in total. The SMILES string of the molecule is O=C(Cc1ccccc1)NC1C(=O)N2C(C(=O)O)=C(CSc3cnn[nH]3)C[S+]([O-])[C@@H]12. The van der Waals surface area contributed by atoms with Crippen LogP contribution in [0.3, 0.4) is 0 Å². The number of nitrogens with zero attached hydrogens (tertiary/aromatic N) is 3. The van der Waals surface area contributed by atoms with Gasteiger partial charge in [-0.05, 0) is 16.7 Å². The molecule has 10 nitrogen and oxygen atoms in total. The van der Waals surface area contributed by atoms with Gasteiger partial charge in [0.15, 0.2) is 6.04 Å². The number of fused-ring (bicyclic) bond motifs is 1. The van der Waals surface area contributed by atoms with Crippen LogP contribution in [-0.2, 0) is 32.0 Å². The second-order valence-electron chi connectivity index (χ2n) is 6.70. The number of hydrogen-bond donors (Lipinski definition) is 3. The molecule has 2 amide bonds. The molecule has 0 radical (unpaired) electrons. The average molecular weight is 447 g/mol. The van der Waals surface area contributed by atoms with E-state index in [4.69, 9.17) is 0 Å². The van der Waals surface area contributed by atoms with Gasteiger partial charge in [0, 0.05) is 11.3 Å². The lowest BCUT2D eigenvalue weighted by molar-refractivity contribution is -0.151. The van der Waals surface area contributed by atoms with Crippen LogP contribution in [0.1, 0.15) is 5.56 Å². The zero-order valence-electron chi connectivity index (χ0n) is 15.5. The molecule has 0 saturated carbocycles. The number of amides is 2. The molecule has 12 heteroatoms. The Morgan fingerprint density at radius 2 is 2.13 bits per heavy atom. The molecule has 0 aliphatic carbocycles. The Balaban J connectivity index is 1.48. The lowest BCUT2D eigenvalue weighted by atomic mass is 10.0. The summed E-state index contributed by atoms with van der Waals surface area (Å²) in [6, 6.07) is 8.02. The van der Waals surface area contributed by atoms with Gasteiger partial charge >= 0.3 is 5.97 Å². The summed E-state index contributed by atoms with van der Waals surface area (Å²) in [5.41, 5.74) is 0.999. The standard InChI is InChI=1S/C18H17N5O5S2/c24-12(6-10-4-2-1-3-5-10)20-14-16(25)23-15(18(26)27)11(9-30(28)17(14)23)8-29-13-7-19-22-21-13/h1-5,7,14,17H,6,8-9H2,(H,20,24)(H,26,27)(H,19,21,22)/t14?,17-,30?/m0/s1. The summed E-state index contributed by atoms with van der Waals surface area (Å²) in [4.78, 5) is 37.9. The highest BCUT2D eigenvalue weighted by Gasteiger charge is 2.60. The topological polar surface area (TPSA) is 151 Å². The highest BCUT2D eigenvalue weighted by Crippen LogP contribution is 2.38. The van der Waals surface area contributed by atoms with E-state index in [1.54, 1.807) is 24.3 Å². The van der Waals surface area contributed by atoms with Crippen molar-refractivity contribution in [1.82, 2.24) is 25.6 Å². The molecule has 1 aromatic heterocycles. The van der Waals surface area contributed by atoms with Crippen LogP contribution in [0.2, 0.25) is 0 Å². The van der Waals surface area contributed by atoms with E-state index in [-0.39, 0.29) is 29.5 Å². The molecule has 1 saturated heterocycles. The van der Waals surface area contributed by atoms with Gasteiger partial charge in [-0.2, -0.15) is 0 Å². The van der Waals surface area contributed by atoms with Crippen molar-refractivity contribution < 1.29 is 24.0 Å². The van der Waals surface area contributed by atoms with E-state index in [9.17, 15) is 24.0 Å². The fourth-order valence-corrected chi connectivity index (χ4v) is 6.00. The summed E-state index contributed by atoms with van der Waals surface area (Å²) in [6.45, 7) is 0. The van der Waals surface area contributed by atoms with Gasteiger partial charge in [-0.1, -0.05) is 35.5 Å². The number of aliphatic carboxylic acids is 1. The molecule has 30 heavy (non-hydrogen) atoms. The number of carboxylic acid groups (broad SMARTS) is 1. The summed E-state index contributed by atoms with van der Waals surface area (Å²) in [6.07, 6.45) is 1.56. The first-order valence-corrected chi connectivity index (χ1v) is 11.3. The van der Waals surface area contributed by atoms with E-state index in [2.05, 4.69) is 20.7 Å². The Hall–Kier alpha value is -2.83. The van der Waals surface area contributed by atoms with Gasteiger partial charge in [-0.25, -0.2) is 4.79 Å². The van der Waals surface area contributed by atoms with Gasteiger partial charge in [-0.15, -0.1) is 16.9 Å². The minimum atomic E-state index is -1.54. The summed E-state index contributed by atoms with van der Waals surface area (Å²) < 4.78 is 12.8. The van der Waals surface area contributed by atoms with Gasteiger partial charge in [0.2, 0.25) is 11.3 Å². The third kappa shape index (κ3) is 3.93. The second-order valence-corrected chi connectivity index (χ2v) is 9.25. The summed E-state index contributed by atoms with van der Waals surface area (Å²) in [7, 11) is 0. The smallest absolute Gasteiger partial charge is 0.352 e. The Morgan fingerprint density at radius 3 is 2.80 bits per heavy atom. The fraction of sp³-hybridized carbons (Fsp3) is 0.278. The van der Waals surface area contributed by atoms with E-state index < -0.39 is 34.5 Å². The van der Waals surface area contributed by atoms with Crippen molar-refractivity contribution in [3.8, 4) is 0 Å². The Kier molecular flexibility index (Phi) is 5.79. The van der Waals surface area contributed by atoms with Gasteiger partial charge < -0.3 is 15.0 Å². The fourth-order valence-electron chi connectivity index (χ4n) is 3.39. The maximum atomic E-state index is 12.8. The molecule has 2 aromatic rings. The van der Waals surface area contributed by atoms with Crippen LogP contribution in [0.15, 0.2) is 52.8 Å². The van der Waals surface area contributed by atoms with Crippen LogP contribution >= 0.6 is 11.8 Å². The Labute approximate surface area is 178 Å². The lowest BCUT2D eigenvalue weighted by Crippen LogP contribution is -2.75. The van der Waals surface area contributed by atoms with Crippen molar-refractivity contribution in [3.05, 3.63) is 53.4 Å². The number of rotatable bonds is 7. The van der Waals surface area contributed by atoms with Crippen molar-refractivity contribution in [3.63, 3.8) is 0 Å². The van der Waals surface area contributed by atoms with Crippen molar-refractivity contribution in [2.24, 2.45) is 0 Å². The average Bonchev–Trinajstić information content (AvgIpc) is 3.24. The normalized spacial score (nSPS) is 23.0. The molecule has 3 atom stereocenters. The maximum absolute atomic E-state index is 12.8. The van der Waals surface area contributed by atoms with Gasteiger partial charge in [0.1, 0.15) is 16.5 Å². The Morgan fingerprint density at radius 1 is 1.37 bits per heavy atom. The number of aromatic nitrogens is 3. The van der Waals surface area contributed by atoms with Crippen LogP contribution in [0.25, 0.3) is 0 Å². The van der Waals surface area contributed by atoms with Gasteiger partial charge in [0.05, 0.1) is 12.6 Å². The monoisotopic (exact) mass is 447 g/mol. The number of β-lactam (4-membered cyclic amide) rings is 1. The van der Waals surface area contributed by atoms with Crippen molar-refractivity contribution in [2.45, 2.75) is 22.9 Å². The van der Waals surface area contributed by atoms with E-state index in [0.29, 0.717) is 10.6 Å². The first-order valence-electron chi connectivity index (χ1n) is 8.93. The van der Waals surface area contributed by atoms with Crippen molar-refractivity contribution in [1.29, 1.82) is 0 Å². The van der Waals surface area contributed by atoms with Crippen LogP contribution in [0, 0.1) is 0 Å². The molecule has 4 rings (SSSR count). The number of aromatic amines is 1. The number of carbonyl (C=O) groups excluding carboxylic acids is 2. The summed E-state index contributed by atoms with van der Waals surface area (Å²) in [5, 5.41) is 21.9. The van der Waals surface area contributed by atoms with Crippen molar-refractivity contribution >= 4 is 40.7 Å². The third-order valence-corrected chi connectivity index (χ3v) is 7.38. The molecule has 0 bridgehead atoms. The second kappa shape index (κ2) is 8.50. The number of nitrogens with one attached hydrogen (secondary N) is 2. The number of carboxylic acids is 1. The number of H-pyrrole nitrogens is 1. The number of hydrogen-bond acceptors (Lipinski definition) is 7. The number of benzene rings is 1. The quantitative estimate of drug-likeness (QED) is 0.302. The van der Waals surface area contributed by atoms with Crippen LogP contribution in [0.4, 0.5) is 0 Å². The highest BCUT2D eigenvalue weighted by atomic mass is 32.2. The molecule has 3 heterocycles. The van der Waals surface area contributed by atoms with Crippen LogP contribution in [-0.4, -0.2) is 70.7 Å². The third-order valence-electron chi connectivity index (χ3n) is 4.73. The Bertz CT molecular complexity index is 998. The molecular formula is C18H17N5O5S2. The van der Waals surface area contributed by atoms with E-state index in [0.717, 1.165) is 10.5 Å². The number of carbonyl (C=O) groups is 3. The van der Waals surface area contributed by atoms with E-state index in [1.165, 1.54) is 18.0 Å². The molecule has 1 fully saturated rings. The largest absolute Gasteiger partial charge is 0.614 e. The predicted molar refractivity (Wildman–Crippen MR) is 107 cm³/mol. The molecular weight excluding hydrogens is 430 g/mol. The molecule has 156 valence electrons. The van der Waals surface area contributed by atoms with Crippen LogP contribution < -0.4 is 5.32 Å². The van der Waals surface area contributed by atoms with E-state index >= 15 is 0 Å². The zero-order valence-corrected chi connectivity index (χ0v) is 17.1. The van der Waals surface area contributed by atoms with Gasteiger partial charge in [-0.3, -0.25) is 19.6 Å². The first kappa shape index (κ1) is 20.4. The molecule has 2 unspecified atom stereocenters.